The topological polar surface area (TPSA) is 38.9 Å². The Hall–Kier alpha value is -1.84. The van der Waals surface area contributed by atoms with E-state index in [1.165, 1.54) is 0 Å². The molecule has 0 unspecified atom stereocenters. The number of hydrogen-bond acceptors (Lipinski definition) is 3. The molecule has 0 N–H and O–H groups in total. The van der Waals surface area contributed by atoms with Crippen molar-refractivity contribution in [3.05, 3.63) is 70.0 Å². The Morgan fingerprint density at radius 2 is 1.65 bits per heavy atom. The van der Waals surface area contributed by atoms with Gasteiger partial charge in [-0.05, 0) is 29.8 Å². The summed E-state index contributed by atoms with van der Waals surface area (Å²) in [6, 6.07) is 14.9. The van der Waals surface area contributed by atoms with Crippen LogP contribution in [0.15, 0.2) is 52.9 Å². The van der Waals surface area contributed by atoms with Crippen molar-refractivity contribution in [2.45, 2.75) is 6.42 Å². The van der Waals surface area contributed by atoms with E-state index in [0.29, 0.717) is 28.2 Å². The Kier molecular flexibility index (Phi) is 3.72. The van der Waals surface area contributed by atoms with Crippen molar-refractivity contribution in [3.63, 3.8) is 0 Å². The van der Waals surface area contributed by atoms with Gasteiger partial charge >= 0.3 is 0 Å². The second-order valence-corrected chi connectivity index (χ2v) is 5.13. The fourth-order valence-corrected chi connectivity index (χ4v) is 2.19. The molecule has 0 radical (unpaired) electrons. The molecular formula is C15H10Cl2N2O. The summed E-state index contributed by atoms with van der Waals surface area (Å²) in [4.78, 5) is 0. The third-order valence-electron chi connectivity index (χ3n) is 2.84. The van der Waals surface area contributed by atoms with Gasteiger partial charge in [-0.25, -0.2) is 0 Å². The van der Waals surface area contributed by atoms with Crippen LogP contribution in [0.1, 0.15) is 11.5 Å². The number of benzene rings is 2. The van der Waals surface area contributed by atoms with Crippen LogP contribution in [0.25, 0.3) is 11.5 Å². The van der Waals surface area contributed by atoms with Crippen LogP contribution in [0.4, 0.5) is 0 Å². The fourth-order valence-electron chi connectivity index (χ4n) is 1.85. The van der Waals surface area contributed by atoms with E-state index in [0.717, 1.165) is 11.1 Å². The molecule has 0 bridgehead atoms. The summed E-state index contributed by atoms with van der Waals surface area (Å²) in [7, 11) is 0. The smallest absolute Gasteiger partial charge is 0.249 e. The van der Waals surface area contributed by atoms with Crippen molar-refractivity contribution in [2.24, 2.45) is 0 Å². The van der Waals surface area contributed by atoms with E-state index < -0.39 is 0 Å². The predicted molar refractivity (Wildman–Crippen MR) is 79.0 cm³/mol. The van der Waals surface area contributed by atoms with E-state index in [1.54, 1.807) is 6.07 Å². The molecule has 0 fully saturated rings. The lowest BCUT2D eigenvalue weighted by molar-refractivity contribution is 0.518. The minimum absolute atomic E-state index is 0.430. The van der Waals surface area contributed by atoms with Crippen LogP contribution in [0.3, 0.4) is 0 Å². The largest absolute Gasteiger partial charge is 0.420 e. The number of hydrogen-bond donors (Lipinski definition) is 0. The molecule has 0 aliphatic heterocycles. The van der Waals surface area contributed by atoms with Crippen LogP contribution < -0.4 is 0 Å². The van der Waals surface area contributed by atoms with Crippen LogP contribution in [0.5, 0.6) is 0 Å². The molecule has 1 aromatic heterocycles. The first-order valence-electron chi connectivity index (χ1n) is 6.04. The number of nitrogens with zero attached hydrogens (tertiary/aromatic N) is 2. The maximum absolute atomic E-state index is 6.10. The van der Waals surface area contributed by atoms with Crippen molar-refractivity contribution in [2.75, 3.05) is 0 Å². The summed E-state index contributed by atoms with van der Waals surface area (Å²) in [5, 5.41) is 9.37. The van der Waals surface area contributed by atoms with Gasteiger partial charge in [0.15, 0.2) is 0 Å². The molecule has 0 atom stereocenters. The fraction of sp³-hybridized carbons (Fsp3) is 0.0667. The van der Waals surface area contributed by atoms with E-state index in [1.807, 2.05) is 42.5 Å². The number of halogens is 2. The zero-order valence-corrected chi connectivity index (χ0v) is 11.9. The molecule has 5 heteroatoms. The van der Waals surface area contributed by atoms with E-state index in [-0.39, 0.29) is 0 Å². The highest BCUT2D eigenvalue weighted by molar-refractivity contribution is 6.33. The molecule has 0 aliphatic carbocycles. The van der Waals surface area contributed by atoms with Gasteiger partial charge in [-0.15, -0.1) is 10.2 Å². The highest BCUT2D eigenvalue weighted by atomic mass is 35.5. The van der Waals surface area contributed by atoms with Gasteiger partial charge in [0.05, 0.1) is 17.0 Å². The Balaban J connectivity index is 1.84. The summed E-state index contributed by atoms with van der Waals surface area (Å²) >= 11 is 12.0. The first-order chi connectivity index (χ1) is 9.72. The minimum Gasteiger partial charge on any atom is -0.420 e. The van der Waals surface area contributed by atoms with Crippen LogP contribution >= 0.6 is 23.2 Å². The molecule has 0 spiro atoms. The van der Waals surface area contributed by atoms with Gasteiger partial charge in [0, 0.05) is 5.02 Å². The van der Waals surface area contributed by atoms with Crippen molar-refractivity contribution in [3.8, 4) is 11.5 Å². The molecular weight excluding hydrogens is 295 g/mol. The lowest BCUT2D eigenvalue weighted by Gasteiger charge is -1.98. The number of aromatic nitrogens is 2. The Bertz CT molecular complexity index is 723. The van der Waals surface area contributed by atoms with Crippen LogP contribution in [-0.2, 0) is 6.42 Å². The molecule has 100 valence electrons. The minimum atomic E-state index is 0.430. The van der Waals surface area contributed by atoms with Crippen molar-refractivity contribution >= 4 is 23.2 Å². The normalized spacial score (nSPS) is 10.7. The van der Waals surface area contributed by atoms with Crippen molar-refractivity contribution < 1.29 is 4.42 Å². The molecule has 3 nitrogen and oxygen atoms in total. The van der Waals surface area contributed by atoms with Crippen molar-refractivity contribution in [1.29, 1.82) is 0 Å². The third-order valence-corrected chi connectivity index (χ3v) is 3.42. The molecule has 20 heavy (non-hydrogen) atoms. The van der Waals surface area contributed by atoms with Gasteiger partial charge in [0.2, 0.25) is 11.8 Å². The summed E-state index contributed by atoms with van der Waals surface area (Å²) < 4.78 is 5.65. The Morgan fingerprint density at radius 1 is 0.900 bits per heavy atom. The first kappa shape index (κ1) is 13.2. The Labute approximate surface area is 126 Å². The lowest BCUT2D eigenvalue weighted by atomic mass is 10.1. The maximum atomic E-state index is 6.10. The quantitative estimate of drug-likeness (QED) is 0.708. The monoisotopic (exact) mass is 304 g/mol. The van der Waals surface area contributed by atoms with E-state index in [2.05, 4.69) is 10.2 Å². The van der Waals surface area contributed by atoms with Crippen molar-refractivity contribution in [1.82, 2.24) is 10.2 Å². The second-order valence-electron chi connectivity index (χ2n) is 4.28. The summed E-state index contributed by atoms with van der Waals surface area (Å²) in [5.74, 6) is 0.974. The molecule has 0 aliphatic rings. The molecule has 0 saturated heterocycles. The van der Waals surface area contributed by atoms with Gasteiger partial charge in [-0.3, -0.25) is 0 Å². The SMILES string of the molecule is Clc1ccc(Cc2nnc(-c3ccccc3Cl)o2)cc1. The number of rotatable bonds is 3. The molecule has 0 saturated carbocycles. The van der Waals surface area contributed by atoms with E-state index in [4.69, 9.17) is 27.6 Å². The van der Waals surface area contributed by atoms with Gasteiger partial charge < -0.3 is 4.42 Å². The maximum Gasteiger partial charge on any atom is 0.249 e. The highest BCUT2D eigenvalue weighted by Gasteiger charge is 2.11. The lowest BCUT2D eigenvalue weighted by Crippen LogP contribution is -1.87. The van der Waals surface area contributed by atoms with Gasteiger partial charge in [0.25, 0.3) is 0 Å². The zero-order valence-electron chi connectivity index (χ0n) is 10.4. The predicted octanol–water partition coefficient (Wildman–Crippen LogP) is 4.63. The average Bonchev–Trinajstić information content (AvgIpc) is 2.90. The molecule has 3 aromatic rings. The van der Waals surface area contributed by atoms with Gasteiger partial charge in [-0.1, -0.05) is 47.5 Å². The van der Waals surface area contributed by atoms with E-state index >= 15 is 0 Å². The summed E-state index contributed by atoms with van der Waals surface area (Å²) in [5.41, 5.74) is 1.80. The van der Waals surface area contributed by atoms with Crippen LogP contribution in [0, 0.1) is 0 Å². The molecule has 0 amide bonds. The summed E-state index contributed by atoms with van der Waals surface area (Å²) in [6.07, 6.45) is 0.564. The highest BCUT2D eigenvalue weighted by Crippen LogP contribution is 2.26. The molecule has 3 rings (SSSR count). The van der Waals surface area contributed by atoms with E-state index in [9.17, 15) is 0 Å². The average molecular weight is 305 g/mol. The standard InChI is InChI=1S/C15H10Cl2N2O/c16-11-7-5-10(6-8-11)9-14-18-19-15(20-14)12-3-1-2-4-13(12)17/h1-8H,9H2. The first-order valence-corrected chi connectivity index (χ1v) is 6.80. The molecule has 1 heterocycles. The summed E-state index contributed by atoms with van der Waals surface area (Å²) in [6.45, 7) is 0. The second kappa shape index (κ2) is 5.65. The third kappa shape index (κ3) is 2.84. The van der Waals surface area contributed by atoms with Crippen LogP contribution in [-0.4, -0.2) is 10.2 Å². The van der Waals surface area contributed by atoms with Gasteiger partial charge in [0.1, 0.15) is 0 Å². The zero-order chi connectivity index (χ0) is 13.9. The van der Waals surface area contributed by atoms with Crippen LogP contribution in [0.2, 0.25) is 10.0 Å². The molecule has 2 aromatic carbocycles. The van der Waals surface area contributed by atoms with Gasteiger partial charge in [-0.2, -0.15) is 0 Å². The Morgan fingerprint density at radius 3 is 2.40 bits per heavy atom.